The molecule has 6 rings (SSSR count). The minimum absolute atomic E-state index is 0.0124. The molecule has 1 aromatic carbocycles. The van der Waals surface area contributed by atoms with E-state index in [2.05, 4.69) is 30.5 Å². The van der Waals surface area contributed by atoms with Crippen molar-refractivity contribution in [2.45, 2.75) is 95.1 Å². The summed E-state index contributed by atoms with van der Waals surface area (Å²) in [7, 11) is 0. The molecule has 1 spiro atoms. The summed E-state index contributed by atoms with van der Waals surface area (Å²) in [4.78, 5) is 17.7. The maximum atomic E-state index is 13.0. The maximum absolute atomic E-state index is 13.0. The second kappa shape index (κ2) is 11.5. The Kier molecular flexibility index (Phi) is 7.88. The minimum atomic E-state index is -0.828. The Morgan fingerprint density at radius 3 is 2.73 bits per heavy atom. The molecule has 1 aliphatic carbocycles. The minimum Gasteiger partial charge on any atom is -0.471 e. The van der Waals surface area contributed by atoms with Gasteiger partial charge in [-0.15, -0.1) is 0 Å². The summed E-state index contributed by atoms with van der Waals surface area (Å²) in [5.41, 5.74) is 3.02. The van der Waals surface area contributed by atoms with Crippen molar-refractivity contribution < 1.29 is 28.8 Å². The third kappa shape index (κ3) is 5.92. The lowest BCUT2D eigenvalue weighted by atomic mass is 9.73. The van der Waals surface area contributed by atoms with Gasteiger partial charge < -0.3 is 34.7 Å². The fourth-order valence-electron chi connectivity index (χ4n) is 6.29. The molecule has 0 unspecified atom stereocenters. The quantitative estimate of drug-likeness (QED) is 0.411. The lowest BCUT2D eigenvalue weighted by Crippen LogP contribution is -2.53. The van der Waals surface area contributed by atoms with Crippen LogP contribution in [0.5, 0.6) is 17.4 Å². The van der Waals surface area contributed by atoms with Gasteiger partial charge in [0.05, 0.1) is 12.1 Å². The second-order valence-electron chi connectivity index (χ2n) is 12.2. The number of aromatic nitrogens is 1. The Bertz CT molecular complexity index is 1210. The molecule has 1 amide bonds. The Labute approximate surface area is 235 Å². The molecule has 2 aromatic rings. The summed E-state index contributed by atoms with van der Waals surface area (Å²) >= 11 is 0. The lowest BCUT2D eigenvalue weighted by molar-refractivity contribution is -0.131. The molecule has 1 aromatic heterocycles. The smallest absolute Gasteiger partial charge is 0.249 e. The van der Waals surface area contributed by atoms with Crippen molar-refractivity contribution >= 4 is 5.91 Å². The number of rotatable bonds is 10. The van der Waals surface area contributed by atoms with Crippen LogP contribution in [0.2, 0.25) is 0 Å². The molecule has 1 saturated heterocycles. The lowest BCUT2D eigenvalue weighted by Gasteiger charge is -2.47. The van der Waals surface area contributed by atoms with Crippen LogP contribution in [0.3, 0.4) is 0 Å². The molecule has 0 radical (unpaired) electrons. The highest BCUT2D eigenvalue weighted by Gasteiger charge is 2.46. The normalized spacial score (nSPS) is 23.8. The zero-order valence-corrected chi connectivity index (χ0v) is 23.5. The molecule has 40 heavy (non-hydrogen) atoms. The number of amides is 1. The number of hydrogen-bond donors (Lipinski definition) is 3. The van der Waals surface area contributed by atoms with E-state index in [9.17, 15) is 9.90 Å². The molecule has 4 atom stereocenters. The number of aliphatic hydroxyl groups is 1. The average Bonchev–Trinajstić information content (AvgIpc) is 3.62. The molecule has 9 nitrogen and oxygen atoms in total. The Morgan fingerprint density at radius 2 is 1.98 bits per heavy atom. The standard InChI is InChI=1S/C31H41N3O6/c1-19(2)11-21-12-22-24(15-31(8-4-9-31)40-30(22)33-16-21)32-17-25(35)23(34-29(36)27-5-3-10-37-27)13-20-6-7-26-28(14-20)39-18-38-26/h6-7,12,14,16,19,23-25,27,32,35H,3-5,8-11,13,15,17-18H2,1-2H3,(H,34,36)/t23-,24-,25-,27+/m0/s1. The first-order chi connectivity index (χ1) is 19.4. The number of aliphatic hydroxyl groups excluding tert-OH is 1. The van der Waals surface area contributed by atoms with E-state index in [0.717, 1.165) is 49.7 Å². The van der Waals surface area contributed by atoms with Crippen LogP contribution < -0.4 is 24.8 Å². The fraction of sp³-hybridized carbons (Fsp3) is 0.613. The van der Waals surface area contributed by atoms with Gasteiger partial charge in [-0.3, -0.25) is 4.79 Å². The van der Waals surface area contributed by atoms with Gasteiger partial charge in [0.15, 0.2) is 11.5 Å². The number of pyridine rings is 1. The monoisotopic (exact) mass is 551 g/mol. The highest BCUT2D eigenvalue weighted by atomic mass is 16.7. The number of carbonyl (C=O) groups is 1. The van der Waals surface area contributed by atoms with Crippen molar-refractivity contribution in [1.82, 2.24) is 15.6 Å². The van der Waals surface area contributed by atoms with Crippen LogP contribution in [-0.2, 0) is 22.4 Å². The van der Waals surface area contributed by atoms with Crippen LogP contribution in [0.15, 0.2) is 30.5 Å². The van der Waals surface area contributed by atoms with Crippen LogP contribution >= 0.6 is 0 Å². The SMILES string of the molecule is CC(C)Cc1cnc2c(c1)[C@@H](NC[C@H](O)[C@H](Cc1ccc3c(c1)OCO3)NC(=O)[C@H]1CCCO1)CC1(CCC1)O2. The highest BCUT2D eigenvalue weighted by Crippen LogP contribution is 2.48. The van der Waals surface area contributed by atoms with Crippen molar-refractivity contribution in [2.75, 3.05) is 19.9 Å². The summed E-state index contributed by atoms with van der Waals surface area (Å²) in [6.07, 6.45) is 7.65. The molecular formula is C31H41N3O6. The number of hydrogen-bond acceptors (Lipinski definition) is 8. The number of benzene rings is 1. The van der Waals surface area contributed by atoms with Crippen LogP contribution in [0.25, 0.3) is 0 Å². The van der Waals surface area contributed by atoms with E-state index in [0.29, 0.717) is 49.3 Å². The van der Waals surface area contributed by atoms with E-state index in [1.807, 2.05) is 24.4 Å². The maximum Gasteiger partial charge on any atom is 0.249 e. The Morgan fingerprint density at radius 1 is 1.12 bits per heavy atom. The topological polar surface area (TPSA) is 111 Å². The Balaban J connectivity index is 1.18. The van der Waals surface area contributed by atoms with Crippen LogP contribution in [-0.4, -0.2) is 59.8 Å². The molecule has 2 fully saturated rings. The van der Waals surface area contributed by atoms with Gasteiger partial charge in [0.1, 0.15) is 11.7 Å². The molecule has 4 aliphatic rings. The van der Waals surface area contributed by atoms with E-state index in [1.165, 1.54) is 5.56 Å². The first-order valence-electron chi connectivity index (χ1n) is 14.8. The van der Waals surface area contributed by atoms with Gasteiger partial charge in [-0.1, -0.05) is 19.9 Å². The molecule has 3 N–H and O–H groups in total. The van der Waals surface area contributed by atoms with E-state index in [-0.39, 0.29) is 24.3 Å². The van der Waals surface area contributed by atoms with E-state index in [4.69, 9.17) is 23.9 Å². The summed E-state index contributed by atoms with van der Waals surface area (Å²) in [5.74, 6) is 2.45. The zero-order valence-electron chi connectivity index (χ0n) is 23.5. The number of ether oxygens (including phenoxy) is 4. The number of carbonyl (C=O) groups excluding carboxylic acids is 1. The molecule has 9 heteroatoms. The van der Waals surface area contributed by atoms with Crippen molar-refractivity contribution in [1.29, 1.82) is 0 Å². The second-order valence-corrected chi connectivity index (χ2v) is 12.2. The van der Waals surface area contributed by atoms with Crippen molar-refractivity contribution in [3.05, 3.63) is 47.2 Å². The summed E-state index contributed by atoms with van der Waals surface area (Å²) in [6.45, 7) is 5.52. The number of fused-ring (bicyclic) bond motifs is 2. The first-order valence-corrected chi connectivity index (χ1v) is 14.8. The van der Waals surface area contributed by atoms with Gasteiger partial charge in [-0.05, 0) is 80.2 Å². The van der Waals surface area contributed by atoms with Gasteiger partial charge >= 0.3 is 0 Å². The summed E-state index contributed by atoms with van der Waals surface area (Å²) in [6, 6.07) is 7.47. The van der Waals surface area contributed by atoms with Gasteiger partial charge in [-0.25, -0.2) is 4.98 Å². The summed E-state index contributed by atoms with van der Waals surface area (Å²) in [5, 5.41) is 18.2. The predicted molar refractivity (Wildman–Crippen MR) is 149 cm³/mol. The Hall–Kier alpha value is -2.88. The predicted octanol–water partition coefficient (Wildman–Crippen LogP) is 3.61. The van der Waals surface area contributed by atoms with E-state index < -0.39 is 18.2 Å². The third-order valence-electron chi connectivity index (χ3n) is 8.59. The third-order valence-corrected chi connectivity index (χ3v) is 8.59. The van der Waals surface area contributed by atoms with Crippen LogP contribution in [0.4, 0.5) is 0 Å². The highest BCUT2D eigenvalue weighted by molar-refractivity contribution is 5.81. The fourth-order valence-corrected chi connectivity index (χ4v) is 6.29. The van der Waals surface area contributed by atoms with Crippen LogP contribution in [0.1, 0.15) is 75.1 Å². The van der Waals surface area contributed by atoms with Gasteiger partial charge in [0, 0.05) is 37.4 Å². The molecule has 0 bridgehead atoms. The van der Waals surface area contributed by atoms with E-state index in [1.54, 1.807) is 0 Å². The van der Waals surface area contributed by atoms with Gasteiger partial charge in [-0.2, -0.15) is 0 Å². The van der Waals surface area contributed by atoms with Crippen LogP contribution in [0, 0.1) is 5.92 Å². The van der Waals surface area contributed by atoms with E-state index >= 15 is 0 Å². The number of nitrogens with one attached hydrogen (secondary N) is 2. The summed E-state index contributed by atoms with van der Waals surface area (Å²) < 4.78 is 23.0. The number of nitrogens with zero attached hydrogens (tertiary/aromatic N) is 1. The van der Waals surface area contributed by atoms with Gasteiger partial charge in [0.2, 0.25) is 18.6 Å². The molecule has 216 valence electrons. The van der Waals surface area contributed by atoms with Crippen molar-refractivity contribution in [3.63, 3.8) is 0 Å². The molecular weight excluding hydrogens is 510 g/mol. The molecule has 1 saturated carbocycles. The van der Waals surface area contributed by atoms with Crippen molar-refractivity contribution in [3.8, 4) is 17.4 Å². The average molecular weight is 552 g/mol. The molecule has 4 heterocycles. The first kappa shape index (κ1) is 27.3. The largest absolute Gasteiger partial charge is 0.471 e. The van der Waals surface area contributed by atoms with Gasteiger partial charge in [0.25, 0.3) is 0 Å². The van der Waals surface area contributed by atoms with Crippen molar-refractivity contribution in [2.24, 2.45) is 5.92 Å². The zero-order chi connectivity index (χ0) is 27.7. The molecule has 3 aliphatic heterocycles.